The smallest absolute Gasteiger partial charge is 0.407 e. The number of aliphatic carboxylic acids is 4. The number of nitrogens with two attached hydrogens (primary N) is 2. The number of carboxylic acid groups (broad SMARTS) is 4. The molecule has 0 saturated carbocycles. The van der Waals surface area contributed by atoms with Crippen LogP contribution < -0.4 is 70.0 Å². The normalized spacial score (nSPS) is 23.4. The number of carbonyl (C=O) groups excluding carboxylic acids is 13. The van der Waals surface area contributed by atoms with Crippen LogP contribution in [0.25, 0.3) is 0 Å². The lowest BCUT2D eigenvalue weighted by Crippen LogP contribution is -2.60. The molecule has 0 bridgehead atoms. The van der Waals surface area contributed by atoms with Crippen molar-refractivity contribution in [2.75, 3.05) is 38.6 Å². The van der Waals surface area contributed by atoms with Gasteiger partial charge in [0, 0.05) is 24.2 Å². The molecule has 1 fully saturated rings. The highest BCUT2D eigenvalue weighted by molar-refractivity contribution is 6.04. The van der Waals surface area contributed by atoms with Gasteiger partial charge in [0.2, 0.25) is 59.1 Å². The molecule has 37 nitrogen and oxygen atoms in total. The quantitative estimate of drug-likeness (QED) is 0.0179. The van der Waals surface area contributed by atoms with Crippen LogP contribution in [0.2, 0.25) is 0 Å². The summed E-state index contributed by atoms with van der Waals surface area (Å²) in [6.45, 7) is 2.45. The summed E-state index contributed by atoms with van der Waals surface area (Å²) in [6, 6.07) is -12.7. The molecule has 88 heavy (non-hydrogen) atoms. The Balaban J connectivity index is 2.86. The molecule has 1 aliphatic heterocycles. The number of para-hydroxylation sites is 1. The van der Waals surface area contributed by atoms with Gasteiger partial charge in [-0.2, -0.15) is 0 Å². The number of Topliss-reactive ketones (excluding diaryl/α,β-unsaturated/α-hetero) is 1. The van der Waals surface area contributed by atoms with Gasteiger partial charge in [-0.1, -0.05) is 31.7 Å². The number of hydrogen-bond donors (Lipinski definition) is 18. The first-order valence-corrected chi connectivity index (χ1v) is 26.6. The van der Waals surface area contributed by atoms with Crippen LogP contribution in [-0.4, -0.2) is 220 Å². The Kier molecular flexibility index (Phi) is 30.6. The molecule has 484 valence electrons. The van der Waals surface area contributed by atoms with E-state index in [2.05, 4.69) is 49.1 Å². The molecule has 2 rings (SSSR count). The van der Waals surface area contributed by atoms with Crippen molar-refractivity contribution >= 4 is 106 Å². The van der Waals surface area contributed by atoms with Crippen LogP contribution in [0.4, 0.5) is 10.5 Å². The molecule has 1 aliphatic rings. The molecule has 0 aliphatic carbocycles. The highest BCUT2D eigenvalue weighted by Gasteiger charge is 2.39. The number of hydrogen-bond acceptors (Lipinski definition) is 22. The van der Waals surface area contributed by atoms with Crippen molar-refractivity contribution in [2.45, 2.75) is 126 Å². The van der Waals surface area contributed by atoms with Crippen LogP contribution >= 0.6 is 0 Å². The van der Waals surface area contributed by atoms with E-state index >= 15 is 0 Å². The molecule has 37 heteroatoms. The number of benzene rings is 1. The van der Waals surface area contributed by atoms with Crippen LogP contribution in [0.5, 0.6) is 0 Å². The van der Waals surface area contributed by atoms with Crippen molar-refractivity contribution in [3.8, 4) is 0 Å². The van der Waals surface area contributed by atoms with Gasteiger partial charge in [-0.15, -0.1) is 0 Å². The molecule has 1 aromatic rings. The first-order valence-electron chi connectivity index (χ1n) is 26.6. The summed E-state index contributed by atoms with van der Waals surface area (Å²) < 4.78 is 10.3. The largest absolute Gasteiger partial charge is 0.481 e. The van der Waals surface area contributed by atoms with Gasteiger partial charge in [0.25, 0.3) is 0 Å². The second-order valence-electron chi connectivity index (χ2n) is 19.5. The number of esters is 1. The Morgan fingerprint density at radius 3 is 1.77 bits per heavy atom. The number of alkyl carbamates (subject to hydrolysis) is 1. The standard InChI is InChI=1S/C51H71N13O24/c1-5-13-87-51(86)54-12-8-11-28-45(80)61-30(18-39(75)76)46(81)57-23(3)42(77)60-29(17-38(73)74)44(79)55-19-35(68)59-32(21-65)47(82)63-40(22(2)14-36(69)70)49(84)62-31(16-33(66)25-9-6-7-10-26(25)52)50(85)88-24(4)41(48(83)56-20-34(67)58-28)64-43(78)27(53)15-37(71)72/h5-7,9-10,22-24,27-32,40-41,65H,1,8,11-21,52-53H2,2-4H3,(H,54,86)(H,55,79)(H,56,83)(H,57,81)(H,58,67)(H,59,68)(H,60,77)(H,61,80)(H,62,84)(H,63,82)(H,64,78)(H,69,70)(H,71,72)(H,73,74)(H,75,76)/t22?,23-,24-,27+,28+,29+,30+,31+,32-,40+,41+/m1/s1. The number of carbonyl (C=O) groups is 17. The van der Waals surface area contributed by atoms with Crippen LogP contribution in [0.3, 0.4) is 0 Å². The minimum atomic E-state index is -2.20. The van der Waals surface area contributed by atoms with E-state index in [4.69, 9.17) is 20.9 Å². The van der Waals surface area contributed by atoms with E-state index in [0.717, 1.165) is 20.8 Å². The van der Waals surface area contributed by atoms with Gasteiger partial charge in [0.05, 0.1) is 51.4 Å². The first-order chi connectivity index (χ1) is 41.3. The number of nitrogens with one attached hydrogen (secondary N) is 11. The van der Waals surface area contributed by atoms with Crippen molar-refractivity contribution in [3.63, 3.8) is 0 Å². The highest BCUT2D eigenvalue weighted by Crippen LogP contribution is 2.17. The summed E-state index contributed by atoms with van der Waals surface area (Å²) in [6.07, 6.45) is -7.68. The fraction of sp³-hybridized carbons (Fsp3) is 0.510. The van der Waals surface area contributed by atoms with Gasteiger partial charge in [0.15, 0.2) is 5.78 Å². The summed E-state index contributed by atoms with van der Waals surface area (Å²) in [7, 11) is 0. The Morgan fingerprint density at radius 1 is 0.670 bits per heavy atom. The van der Waals surface area contributed by atoms with Crippen LogP contribution in [0.15, 0.2) is 36.9 Å². The van der Waals surface area contributed by atoms with E-state index in [-0.39, 0.29) is 30.8 Å². The maximum Gasteiger partial charge on any atom is 0.407 e. The van der Waals surface area contributed by atoms with Gasteiger partial charge in [-0.25, -0.2) is 9.59 Å². The lowest BCUT2D eigenvalue weighted by atomic mass is 9.96. The van der Waals surface area contributed by atoms with E-state index in [9.17, 15) is 107 Å². The van der Waals surface area contributed by atoms with Gasteiger partial charge >= 0.3 is 35.9 Å². The average Bonchev–Trinajstić information content (AvgIpc) is 3.63. The number of anilines is 1. The minimum absolute atomic E-state index is 0.135. The summed E-state index contributed by atoms with van der Waals surface area (Å²) in [4.78, 5) is 224. The number of cyclic esters (lactones) is 1. The number of rotatable bonds is 21. The van der Waals surface area contributed by atoms with Gasteiger partial charge in [0.1, 0.15) is 61.0 Å². The zero-order chi connectivity index (χ0) is 66.5. The minimum Gasteiger partial charge on any atom is -0.481 e. The van der Waals surface area contributed by atoms with Gasteiger partial charge in [-0.05, 0) is 44.7 Å². The highest BCUT2D eigenvalue weighted by atomic mass is 16.6. The Bertz CT molecular complexity index is 2820. The van der Waals surface area contributed by atoms with Crippen LogP contribution in [-0.2, 0) is 81.4 Å². The number of ether oxygens (including phenoxy) is 2. The van der Waals surface area contributed by atoms with E-state index in [1.54, 1.807) is 0 Å². The summed E-state index contributed by atoms with van der Waals surface area (Å²) in [5.74, 6) is -24.1. The zero-order valence-electron chi connectivity index (χ0n) is 47.6. The van der Waals surface area contributed by atoms with E-state index in [1.807, 2.05) is 16.0 Å². The maximum absolute atomic E-state index is 14.3. The first kappa shape index (κ1) is 73.8. The third-order valence-electron chi connectivity index (χ3n) is 12.4. The molecule has 1 heterocycles. The number of carboxylic acids is 4. The van der Waals surface area contributed by atoms with Crippen molar-refractivity contribution < 1.29 is 117 Å². The number of aliphatic hydroxyl groups is 1. The lowest BCUT2D eigenvalue weighted by Gasteiger charge is -2.29. The topological polar surface area (TPSA) is 594 Å². The van der Waals surface area contributed by atoms with Crippen LogP contribution in [0, 0.1) is 5.92 Å². The molecule has 0 radical (unpaired) electrons. The molecule has 0 aromatic heterocycles. The number of aliphatic hydroxyl groups excluding tert-OH is 1. The molecule has 0 spiro atoms. The summed E-state index contributed by atoms with van der Waals surface area (Å²) in [5, 5.41) is 71.7. The lowest BCUT2D eigenvalue weighted by molar-refractivity contribution is -0.156. The fourth-order valence-corrected chi connectivity index (χ4v) is 7.81. The molecular weight excluding hydrogens is 1180 g/mol. The second kappa shape index (κ2) is 36.5. The van der Waals surface area contributed by atoms with E-state index < -0.39 is 225 Å². The molecule has 1 aromatic carbocycles. The third kappa shape index (κ3) is 25.9. The van der Waals surface area contributed by atoms with Gasteiger partial charge < -0.3 is 105 Å². The van der Waals surface area contributed by atoms with E-state index in [1.165, 1.54) is 30.3 Å². The zero-order valence-corrected chi connectivity index (χ0v) is 47.6. The molecule has 20 N–H and O–H groups in total. The number of ketones is 1. The van der Waals surface area contributed by atoms with Crippen molar-refractivity contribution in [2.24, 2.45) is 11.7 Å². The summed E-state index contributed by atoms with van der Waals surface area (Å²) >= 11 is 0. The molecule has 1 saturated heterocycles. The average molecular weight is 1250 g/mol. The predicted molar refractivity (Wildman–Crippen MR) is 295 cm³/mol. The molecule has 11 amide bonds. The van der Waals surface area contributed by atoms with Crippen molar-refractivity contribution in [3.05, 3.63) is 42.5 Å². The molecule has 1 unspecified atom stereocenters. The SMILES string of the molecule is C=CCOC(=O)NCCC[C@@H]1NC(=O)CNC(=O)[C@@H](NC(=O)[C@@H](N)CC(=O)O)[C@@H](C)OC(=O)[C@H](CC(=O)c2ccccc2N)NC(=O)[C@H](C(C)CC(=O)O)NC(=O)[C@@H](CO)NC(=O)CNC(=O)[C@H](CC(=O)O)NC(=O)[C@@H](C)NC(=O)[C@H](CC(=O)O)NC1=O. The number of nitrogen functional groups attached to an aromatic ring is 1. The predicted octanol–water partition coefficient (Wildman–Crippen LogP) is -7.54. The number of amides is 11. The third-order valence-corrected chi connectivity index (χ3v) is 12.4. The van der Waals surface area contributed by atoms with Crippen molar-refractivity contribution in [1.82, 2.24) is 58.5 Å². The molecule has 11 atom stereocenters. The molecular formula is C51H71N13O24. The summed E-state index contributed by atoms with van der Waals surface area (Å²) in [5.41, 5.74) is 11.4. The Hall–Kier alpha value is -10.3. The van der Waals surface area contributed by atoms with Gasteiger partial charge in [-0.3, -0.25) is 71.9 Å². The van der Waals surface area contributed by atoms with Crippen LogP contribution in [0.1, 0.15) is 76.1 Å². The second-order valence-corrected chi connectivity index (χ2v) is 19.5. The Morgan fingerprint density at radius 2 is 1.20 bits per heavy atom. The van der Waals surface area contributed by atoms with Crippen molar-refractivity contribution in [1.29, 1.82) is 0 Å². The Labute approximate surface area is 499 Å². The maximum atomic E-state index is 14.3. The fourth-order valence-electron chi connectivity index (χ4n) is 7.81. The monoisotopic (exact) mass is 1250 g/mol. The van der Waals surface area contributed by atoms with E-state index in [0.29, 0.717) is 0 Å².